The van der Waals surface area contributed by atoms with Crippen molar-refractivity contribution in [2.45, 2.75) is 19.9 Å². The lowest BCUT2D eigenvalue weighted by molar-refractivity contribution is 0.755. The van der Waals surface area contributed by atoms with E-state index in [1.54, 1.807) is 6.20 Å². The highest BCUT2D eigenvalue weighted by Crippen LogP contribution is 1.96. The van der Waals surface area contributed by atoms with Gasteiger partial charge >= 0.3 is 0 Å². The van der Waals surface area contributed by atoms with Gasteiger partial charge in [-0.15, -0.1) is 0 Å². The second-order valence-electron chi connectivity index (χ2n) is 1.98. The van der Waals surface area contributed by atoms with Gasteiger partial charge in [0.15, 0.2) is 0 Å². The SMILES string of the molecule is CCc1nccn1CC#N. The lowest BCUT2D eigenvalue weighted by Crippen LogP contribution is -1.99. The molecule has 3 nitrogen and oxygen atoms in total. The summed E-state index contributed by atoms with van der Waals surface area (Å²) in [5.74, 6) is 0.974. The van der Waals surface area contributed by atoms with E-state index >= 15 is 0 Å². The zero-order chi connectivity index (χ0) is 7.40. The first-order valence-electron chi connectivity index (χ1n) is 3.25. The van der Waals surface area contributed by atoms with Crippen LogP contribution in [-0.4, -0.2) is 9.55 Å². The quantitative estimate of drug-likeness (QED) is 0.606. The normalized spacial score (nSPS) is 9.20. The summed E-state index contributed by atoms with van der Waals surface area (Å²) in [6.45, 7) is 2.43. The van der Waals surface area contributed by atoms with Crippen molar-refractivity contribution in [1.29, 1.82) is 5.26 Å². The number of rotatable bonds is 2. The van der Waals surface area contributed by atoms with Gasteiger partial charge in [-0.2, -0.15) is 5.26 Å². The predicted octanol–water partition coefficient (Wildman–Crippen LogP) is 0.969. The molecule has 0 saturated carbocycles. The molecule has 0 N–H and O–H groups in total. The average molecular weight is 135 g/mol. The smallest absolute Gasteiger partial charge is 0.111 e. The van der Waals surface area contributed by atoms with E-state index in [0.29, 0.717) is 6.54 Å². The summed E-state index contributed by atoms with van der Waals surface area (Å²) < 4.78 is 1.85. The van der Waals surface area contributed by atoms with E-state index in [9.17, 15) is 0 Å². The second kappa shape index (κ2) is 3.02. The molecule has 3 heteroatoms. The molecule has 0 saturated heterocycles. The van der Waals surface area contributed by atoms with Gasteiger partial charge in [-0.05, 0) is 0 Å². The third-order valence-electron chi connectivity index (χ3n) is 1.36. The highest BCUT2D eigenvalue weighted by molar-refractivity contribution is 4.94. The molecule has 0 radical (unpaired) electrons. The van der Waals surface area contributed by atoms with Crippen molar-refractivity contribution in [3.63, 3.8) is 0 Å². The Bertz CT molecular complexity index is 244. The Hall–Kier alpha value is -1.30. The van der Waals surface area contributed by atoms with Crippen LogP contribution in [0.5, 0.6) is 0 Å². The summed E-state index contributed by atoms with van der Waals surface area (Å²) in [6.07, 6.45) is 4.42. The van der Waals surface area contributed by atoms with Gasteiger partial charge in [0, 0.05) is 18.8 Å². The number of nitrogens with zero attached hydrogens (tertiary/aromatic N) is 3. The molecular weight excluding hydrogens is 126 g/mol. The van der Waals surface area contributed by atoms with Crippen molar-refractivity contribution in [3.8, 4) is 6.07 Å². The van der Waals surface area contributed by atoms with Crippen LogP contribution in [0.15, 0.2) is 12.4 Å². The number of hydrogen-bond donors (Lipinski definition) is 0. The fourth-order valence-corrected chi connectivity index (χ4v) is 0.875. The van der Waals surface area contributed by atoms with Crippen LogP contribution in [-0.2, 0) is 13.0 Å². The zero-order valence-electron chi connectivity index (χ0n) is 5.91. The largest absolute Gasteiger partial charge is 0.321 e. The maximum absolute atomic E-state index is 8.36. The highest BCUT2D eigenvalue weighted by Gasteiger charge is 1.96. The van der Waals surface area contributed by atoms with Gasteiger partial charge in [-0.1, -0.05) is 6.92 Å². The Morgan fingerprint density at radius 2 is 2.60 bits per heavy atom. The predicted molar refractivity (Wildman–Crippen MR) is 37.2 cm³/mol. The van der Waals surface area contributed by atoms with Crippen molar-refractivity contribution in [2.24, 2.45) is 0 Å². The fraction of sp³-hybridized carbons (Fsp3) is 0.429. The molecule has 10 heavy (non-hydrogen) atoms. The zero-order valence-corrected chi connectivity index (χ0v) is 5.91. The molecule has 52 valence electrons. The average Bonchev–Trinajstić information content (AvgIpc) is 2.36. The Balaban J connectivity index is 2.82. The number of imidazole rings is 1. The molecule has 0 fully saturated rings. The first-order valence-corrected chi connectivity index (χ1v) is 3.25. The topological polar surface area (TPSA) is 41.6 Å². The Kier molecular flexibility index (Phi) is 2.06. The third-order valence-corrected chi connectivity index (χ3v) is 1.36. The summed E-state index contributed by atoms with van der Waals surface area (Å²) in [4.78, 5) is 4.07. The van der Waals surface area contributed by atoms with Crippen molar-refractivity contribution in [2.75, 3.05) is 0 Å². The van der Waals surface area contributed by atoms with Crippen LogP contribution in [0.1, 0.15) is 12.7 Å². The molecular formula is C7H9N3. The number of aromatic nitrogens is 2. The van der Waals surface area contributed by atoms with Gasteiger partial charge in [0.1, 0.15) is 12.4 Å². The minimum atomic E-state index is 0.406. The molecule has 0 aliphatic rings. The molecule has 0 aliphatic carbocycles. The minimum absolute atomic E-state index is 0.406. The molecule has 0 amide bonds. The molecule has 1 heterocycles. The standard InChI is InChI=1S/C7H9N3/c1-2-7-9-4-6-10(7)5-3-8/h4,6H,2,5H2,1H3. The molecule has 1 aromatic rings. The maximum atomic E-state index is 8.36. The number of hydrogen-bond acceptors (Lipinski definition) is 2. The third kappa shape index (κ3) is 1.16. The summed E-state index contributed by atoms with van der Waals surface area (Å²) in [5.41, 5.74) is 0. The highest BCUT2D eigenvalue weighted by atomic mass is 15.0. The molecule has 0 aliphatic heterocycles. The van der Waals surface area contributed by atoms with Crippen molar-refractivity contribution < 1.29 is 0 Å². The fourth-order valence-electron chi connectivity index (χ4n) is 0.875. The van der Waals surface area contributed by atoms with Gasteiger partial charge in [0.05, 0.1) is 6.07 Å². The van der Waals surface area contributed by atoms with E-state index in [1.165, 1.54) is 0 Å². The van der Waals surface area contributed by atoms with Crippen LogP contribution in [0.4, 0.5) is 0 Å². The Morgan fingerprint density at radius 1 is 1.80 bits per heavy atom. The molecule has 1 aromatic heterocycles. The molecule has 0 aromatic carbocycles. The van der Waals surface area contributed by atoms with E-state index in [0.717, 1.165) is 12.2 Å². The molecule has 1 rings (SSSR count). The van der Waals surface area contributed by atoms with E-state index in [4.69, 9.17) is 5.26 Å². The van der Waals surface area contributed by atoms with Crippen LogP contribution >= 0.6 is 0 Å². The van der Waals surface area contributed by atoms with Crippen molar-refractivity contribution in [1.82, 2.24) is 9.55 Å². The van der Waals surface area contributed by atoms with Gasteiger partial charge in [0.25, 0.3) is 0 Å². The van der Waals surface area contributed by atoms with Crippen LogP contribution < -0.4 is 0 Å². The summed E-state index contributed by atoms with van der Waals surface area (Å²) in [5, 5.41) is 8.36. The Morgan fingerprint density at radius 3 is 3.20 bits per heavy atom. The van der Waals surface area contributed by atoms with E-state index in [-0.39, 0.29) is 0 Å². The summed E-state index contributed by atoms with van der Waals surface area (Å²) in [7, 11) is 0. The lowest BCUT2D eigenvalue weighted by Gasteiger charge is -1.97. The van der Waals surface area contributed by atoms with E-state index in [1.807, 2.05) is 17.7 Å². The lowest BCUT2D eigenvalue weighted by atomic mass is 10.4. The van der Waals surface area contributed by atoms with Gasteiger partial charge in [0.2, 0.25) is 0 Å². The van der Waals surface area contributed by atoms with Crippen molar-refractivity contribution >= 4 is 0 Å². The Labute approximate surface area is 59.9 Å². The number of nitriles is 1. The monoisotopic (exact) mass is 135 g/mol. The van der Waals surface area contributed by atoms with E-state index < -0.39 is 0 Å². The minimum Gasteiger partial charge on any atom is -0.321 e. The van der Waals surface area contributed by atoms with Gasteiger partial charge < -0.3 is 4.57 Å². The van der Waals surface area contributed by atoms with Crippen LogP contribution in [0.3, 0.4) is 0 Å². The second-order valence-corrected chi connectivity index (χ2v) is 1.98. The molecule has 0 bridgehead atoms. The van der Waals surface area contributed by atoms with Crippen molar-refractivity contribution in [3.05, 3.63) is 18.2 Å². The molecule has 0 spiro atoms. The summed E-state index contributed by atoms with van der Waals surface area (Å²) >= 11 is 0. The van der Waals surface area contributed by atoms with Crippen LogP contribution in [0, 0.1) is 11.3 Å². The maximum Gasteiger partial charge on any atom is 0.111 e. The number of aryl methyl sites for hydroxylation is 1. The molecule has 0 atom stereocenters. The van der Waals surface area contributed by atoms with E-state index in [2.05, 4.69) is 11.1 Å². The molecule has 0 unspecified atom stereocenters. The first-order chi connectivity index (χ1) is 4.88. The van der Waals surface area contributed by atoms with Crippen LogP contribution in [0.25, 0.3) is 0 Å². The van der Waals surface area contributed by atoms with Gasteiger partial charge in [-0.25, -0.2) is 4.98 Å². The summed E-state index contributed by atoms with van der Waals surface area (Å²) in [6, 6.07) is 2.07. The van der Waals surface area contributed by atoms with Gasteiger partial charge in [-0.3, -0.25) is 0 Å². The first kappa shape index (κ1) is 6.81. The van der Waals surface area contributed by atoms with Crippen LogP contribution in [0.2, 0.25) is 0 Å².